The van der Waals surface area contributed by atoms with Gasteiger partial charge in [-0.3, -0.25) is 9.59 Å². The van der Waals surface area contributed by atoms with Crippen molar-refractivity contribution in [2.45, 2.75) is 50.4 Å². The molecular weight excluding hydrogens is 289 g/mol. The highest BCUT2D eigenvalue weighted by molar-refractivity contribution is 5.89. The lowest BCUT2D eigenvalue weighted by Crippen LogP contribution is -2.43. The van der Waals surface area contributed by atoms with Crippen LogP contribution < -0.4 is 5.32 Å². The molecule has 0 radical (unpaired) electrons. The largest absolute Gasteiger partial charge is 0.416 e. The maximum Gasteiger partial charge on any atom is 0.416 e. The van der Waals surface area contributed by atoms with E-state index < -0.39 is 30.7 Å². The second-order valence-corrected chi connectivity index (χ2v) is 5.69. The Morgan fingerprint density at radius 1 is 1.38 bits per heavy atom. The first kappa shape index (κ1) is 16.1. The van der Waals surface area contributed by atoms with Gasteiger partial charge in [0.1, 0.15) is 0 Å². The number of halogens is 3. The summed E-state index contributed by atoms with van der Waals surface area (Å²) in [5, 5.41) is 10.9. The van der Waals surface area contributed by atoms with E-state index in [2.05, 4.69) is 5.32 Å². The molecule has 8 heteroatoms. The summed E-state index contributed by atoms with van der Waals surface area (Å²) >= 11 is 0. The van der Waals surface area contributed by atoms with E-state index in [0.717, 1.165) is 25.7 Å². The van der Waals surface area contributed by atoms with Gasteiger partial charge in [-0.15, -0.1) is 0 Å². The number of rotatable bonds is 4. The highest BCUT2D eigenvalue weighted by Gasteiger charge is 2.41. The minimum absolute atomic E-state index is 0.0322. The normalized spacial score (nSPS) is 25.4. The molecule has 0 bridgehead atoms. The zero-order valence-corrected chi connectivity index (χ0v) is 11.5. The van der Waals surface area contributed by atoms with Gasteiger partial charge in [0, 0.05) is 19.0 Å². The van der Waals surface area contributed by atoms with E-state index in [-0.39, 0.29) is 24.9 Å². The maximum atomic E-state index is 12.1. The van der Waals surface area contributed by atoms with E-state index in [9.17, 15) is 22.8 Å². The Labute approximate surface area is 120 Å². The number of amides is 2. The number of aliphatic hydroxyl groups is 1. The lowest BCUT2D eigenvalue weighted by Gasteiger charge is -2.24. The second-order valence-electron chi connectivity index (χ2n) is 5.69. The Bertz CT molecular complexity index is 408. The minimum atomic E-state index is -4.76. The van der Waals surface area contributed by atoms with Crippen molar-refractivity contribution in [1.29, 1.82) is 0 Å². The van der Waals surface area contributed by atoms with Crippen LogP contribution in [-0.4, -0.2) is 53.2 Å². The number of hydrogen-bond donors (Lipinski definition) is 2. The van der Waals surface area contributed by atoms with E-state index in [1.807, 2.05) is 0 Å². The first-order valence-electron chi connectivity index (χ1n) is 7.11. The summed E-state index contributed by atoms with van der Waals surface area (Å²) in [6.45, 7) is -0.617. The molecule has 21 heavy (non-hydrogen) atoms. The maximum absolute atomic E-state index is 12.1. The standard InChI is InChI=1S/C13H19F3N2O3/c14-13(15,16)10(19)6-17-12(21)8-5-11(20)18(7-8)9-3-1-2-4-9/h8-10,19H,1-7H2,(H,17,21). The van der Waals surface area contributed by atoms with E-state index in [1.165, 1.54) is 0 Å². The summed E-state index contributed by atoms with van der Waals surface area (Å²) in [7, 11) is 0. The van der Waals surface area contributed by atoms with Gasteiger partial charge in [0.05, 0.1) is 12.5 Å². The van der Waals surface area contributed by atoms with Gasteiger partial charge in [0.2, 0.25) is 11.8 Å². The van der Waals surface area contributed by atoms with Crippen LogP contribution in [0.2, 0.25) is 0 Å². The predicted octanol–water partition coefficient (Wildman–Crippen LogP) is 0.817. The van der Waals surface area contributed by atoms with E-state index in [0.29, 0.717) is 0 Å². The van der Waals surface area contributed by atoms with Crippen molar-refractivity contribution < 1.29 is 27.9 Å². The van der Waals surface area contributed by atoms with Crippen LogP contribution in [0.4, 0.5) is 13.2 Å². The summed E-state index contributed by atoms with van der Waals surface area (Å²) < 4.78 is 36.4. The third-order valence-electron chi connectivity index (χ3n) is 4.14. The smallest absolute Gasteiger partial charge is 0.382 e. The number of carbonyl (C=O) groups is 2. The van der Waals surface area contributed by atoms with Gasteiger partial charge < -0.3 is 15.3 Å². The highest BCUT2D eigenvalue weighted by atomic mass is 19.4. The number of nitrogens with zero attached hydrogens (tertiary/aromatic N) is 1. The fourth-order valence-electron chi connectivity index (χ4n) is 2.93. The van der Waals surface area contributed by atoms with Crippen LogP contribution >= 0.6 is 0 Å². The van der Waals surface area contributed by atoms with E-state index in [1.54, 1.807) is 4.90 Å². The monoisotopic (exact) mass is 308 g/mol. The van der Waals surface area contributed by atoms with Crippen molar-refractivity contribution >= 4 is 11.8 Å². The van der Waals surface area contributed by atoms with Gasteiger partial charge in [0.25, 0.3) is 0 Å². The molecule has 120 valence electrons. The van der Waals surface area contributed by atoms with Crippen molar-refractivity contribution in [1.82, 2.24) is 10.2 Å². The number of likely N-dealkylation sites (tertiary alicyclic amines) is 1. The Balaban J connectivity index is 1.82. The first-order valence-corrected chi connectivity index (χ1v) is 7.11. The number of aliphatic hydroxyl groups excluding tert-OH is 1. The molecule has 0 aromatic rings. The average molecular weight is 308 g/mol. The predicted molar refractivity (Wildman–Crippen MR) is 67.1 cm³/mol. The Kier molecular flexibility index (Phi) is 4.75. The number of carbonyl (C=O) groups excluding carboxylic acids is 2. The Morgan fingerprint density at radius 2 is 2.00 bits per heavy atom. The topological polar surface area (TPSA) is 69.6 Å². The lowest BCUT2D eigenvalue weighted by atomic mass is 10.1. The van der Waals surface area contributed by atoms with Gasteiger partial charge in [-0.2, -0.15) is 13.2 Å². The van der Waals surface area contributed by atoms with Crippen molar-refractivity contribution in [3.63, 3.8) is 0 Å². The molecule has 2 fully saturated rings. The fourth-order valence-corrected chi connectivity index (χ4v) is 2.93. The van der Waals surface area contributed by atoms with Gasteiger partial charge in [0.15, 0.2) is 6.10 Å². The molecule has 1 aliphatic heterocycles. The van der Waals surface area contributed by atoms with Crippen molar-refractivity contribution in [3.8, 4) is 0 Å². The number of nitrogens with one attached hydrogen (secondary N) is 1. The molecule has 1 saturated carbocycles. The summed E-state index contributed by atoms with van der Waals surface area (Å²) in [6.07, 6.45) is -3.34. The van der Waals surface area contributed by atoms with Crippen LogP contribution in [-0.2, 0) is 9.59 Å². The molecule has 2 rings (SSSR count). The molecule has 2 aliphatic rings. The van der Waals surface area contributed by atoms with Crippen LogP contribution in [0.1, 0.15) is 32.1 Å². The Hall–Kier alpha value is -1.31. The third-order valence-corrected chi connectivity index (χ3v) is 4.14. The zero-order valence-electron chi connectivity index (χ0n) is 11.5. The molecule has 1 saturated heterocycles. The minimum Gasteiger partial charge on any atom is -0.382 e. The molecule has 2 N–H and O–H groups in total. The number of alkyl halides is 3. The Morgan fingerprint density at radius 3 is 2.57 bits per heavy atom. The van der Waals surface area contributed by atoms with Crippen molar-refractivity contribution in [2.75, 3.05) is 13.1 Å². The van der Waals surface area contributed by atoms with Crippen LogP contribution in [0, 0.1) is 5.92 Å². The fraction of sp³-hybridized carbons (Fsp3) is 0.846. The SMILES string of the molecule is O=C(NCC(O)C(F)(F)F)C1CC(=O)N(C2CCCC2)C1. The molecule has 2 amide bonds. The van der Waals surface area contributed by atoms with Crippen LogP contribution in [0.15, 0.2) is 0 Å². The number of hydrogen-bond acceptors (Lipinski definition) is 3. The average Bonchev–Trinajstić information content (AvgIpc) is 3.02. The van der Waals surface area contributed by atoms with Gasteiger partial charge in [-0.25, -0.2) is 0 Å². The molecular formula is C13H19F3N2O3. The zero-order chi connectivity index (χ0) is 15.6. The molecule has 0 aromatic heterocycles. The van der Waals surface area contributed by atoms with Gasteiger partial charge in [-0.05, 0) is 12.8 Å². The summed E-state index contributed by atoms with van der Waals surface area (Å²) in [5.74, 6) is -1.34. The molecule has 2 atom stereocenters. The van der Waals surface area contributed by atoms with E-state index in [4.69, 9.17) is 5.11 Å². The molecule has 0 spiro atoms. The highest BCUT2D eigenvalue weighted by Crippen LogP contribution is 2.29. The summed E-state index contributed by atoms with van der Waals surface area (Å²) in [4.78, 5) is 25.4. The second kappa shape index (κ2) is 6.21. The molecule has 0 aromatic carbocycles. The summed E-state index contributed by atoms with van der Waals surface area (Å²) in [6, 6.07) is 0.163. The first-order chi connectivity index (χ1) is 9.79. The van der Waals surface area contributed by atoms with Crippen LogP contribution in [0.5, 0.6) is 0 Å². The summed E-state index contributed by atoms with van der Waals surface area (Å²) in [5.41, 5.74) is 0. The van der Waals surface area contributed by atoms with Gasteiger partial charge in [-0.1, -0.05) is 12.8 Å². The molecule has 2 unspecified atom stereocenters. The van der Waals surface area contributed by atoms with Crippen LogP contribution in [0.3, 0.4) is 0 Å². The van der Waals surface area contributed by atoms with Gasteiger partial charge >= 0.3 is 6.18 Å². The van der Waals surface area contributed by atoms with Crippen molar-refractivity contribution in [3.05, 3.63) is 0 Å². The third kappa shape index (κ3) is 3.87. The van der Waals surface area contributed by atoms with Crippen LogP contribution in [0.25, 0.3) is 0 Å². The van der Waals surface area contributed by atoms with Crippen molar-refractivity contribution in [2.24, 2.45) is 5.92 Å². The molecule has 1 aliphatic carbocycles. The van der Waals surface area contributed by atoms with E-state index >= 15 is 0 Å². The lowest BCUT2D eigenvalue weighted by molar-refractivity contribution is -0.202. The molecule has 5 nitrogen and oxygen atoms in total. The molecule has 1 heterocycles. The quantitative estimate of drug-likeness (QED) is 0.808.